The minimum Gasteiger partial charge on any atom is -0.350 e. The number of thiophene rings is 1. The van der Waals surface area contributed by atoms with Crippen LogP contribution >= 0.6 is 24.0 Å². The van der Waals surface area contributed by atoms with E-state index in [0.717, 1.165) is 5.56 Å². The van der Waals surface area contributed by atoms with Crippen molar-refractivity contribution in [3.8, 4) is 0 Å². The molecule has 0 saturated heterocycles. The molecular weight excluding hydrogens is 286 g/mol. The van der Waals surface area contributed by atoms with Gasteiger partial charge >= 0.3 is 0 Å². The lowest BCUT2D eigenvalue weighted by Gasteiger charge is -2.11. The van der Waals surface area contributed by atoms with E-state index in [-0.39, 0.29) is 11.2 Å². The van der Waals surface area contributed by atoms with Gasteiger partial charge in [-0.2, -0.15) is 12.6 Å². The maximum absolute atomic E-state index is 12.0. The number of hydrogen-bond acceptors (Lipinski definition) is 3. The molecule has 106 valence electrons. The monoisotopic (exact) mass is 305 g/mol. The third kappa shape index (κ3) is 4.12. The second kappa shape index (κ2) is 6.95. The van der Waals surface area contributed by atoms with Crippen molar-refractivity contribution >= 4 is 29.9 Å². The molecule has 0 spiro atoms. The van der Waals surface area contributed by atoms with Gasteiger partial charge in [-0.25, -0.2) is 0 Å². The van der Waals surface area contributed by atoms with Gasteiger partial charge in [-0.1, -0.05) is 30.3 Å². The van der Waals surface area contributed by atoms with Crippen LogP contribution in [0.5, 0.6) is 0 Å². The van der Waals surface area contributed by atoms with E-state index in [2.05, 4.69) is 37.9 Å². The van der Waals surface area contributed by atoms with Crippen molar-refractivity contribution in [2.24, 2.45) is 0 Å². The van der Waals surface area contributed by atoms with E-state index in [9.17, 15) is 4.79 Å². The Kier molecular flexibility index (Phi) is 5.26. The Morgan fingerprint density at radius 1 is 1.30 bits per heavy atom. The summed E-state index contributed by atoms with van der Waals surface area (Å²) in [5, 5.41) is 2.65. The van der Waals surface area contributed by atoms with Crippen molar-refractivity contribution in [1.29, 1.82) is 0 Å². The Balaban J connectivity index is 1.85. The number of hydrogen-bond donors (Lipinski definition) is 2. The number of thiol groups is 1. The smallest absolute Gasteiger partial charge is 0.233 e. The topological polar surface area (TPSA) is 29.1 Å². The molecule has 2 nitrogen and oxygen atoms in total. The molecule has 1 unspecified atom stereocenters. The van der Waals surface area contributed by atoms with Crippen LogP contribution in [0.15, 0.2) is 36.4 Å². The molecule has 0 radical (unpaired) electrons. The Hall–Kier alpha value is -1.26. The molecule has 2 rings (SSSR count). The zero-order chi connectivity index (χ0) is 14.5. The molecule has 0 aliphatic carbocycles. The summed E-state index contributed by atoms with van der Waals surface area (Å²) >= 11 is 6.13. The van der Waals surface area contributed by atoms with Crippen LogP contribution in [0.4, 0.5) is 0 Å². The van der Waals surface area contributed by atoms with Crippen LogP contribution < -0.4 is 5.32 Å². The maximum atomic E-state index is 12.0. The normalized spacial score (nSPS) is 12.2. The Labute approximate surface area is 129 Å². The van der Waals surface area contributed by atoms with Crippen LogP contribution in [0.2, 0.25) is 0 Å². The average molecular weight is 305 g/mol. The minimum absolute atomic E-state index is 0.0131. The van der Waals surface area contributed by atoms with Gasteiger partial charge in [-0.15, -0.1) is 11.3 Å². The molecule has 2 aromatic rings. The van der Waals surface area contributed by atoms with Crippen LogP contribution in [-0.4, -0.2) is 11.2 Å². The molecule has 0 aliphatic rings. The summed E-state index contributed by atoms with van der Waals surface area (Å²) in [4.78, 5) is 14.5. The number of carbonyl (C=O) groups is 1. The predicted octanol–water partition coefficient (Wildman–Crippen LogP) is 3.52. The van der Waals surface area contributed by atoms with Crippen LogP contribution in [0, 0.1) is 13.8 Å². The number of amides is 1. The fraction of sp³-hybridized carbons (Fsp3) is 0.312. The van der Waals surface area contributed by atoms with Crippen molar-refractivity contribution in [2.75, 3.05) is 0 Å². The Bertz CT molecular complexity index is 558. The molecule has 1 amide bonds. The highest BCUT2D eigenvalue weighted by Gasteiger charge is 2.14. The van der Waals surface area contributed by atoms with Crippen LogP contribution in [0.3, 0.4) is 0 Å². The molecule has 0 aliphatic heterocycles. The van der Waals surface area contributed by atoms with Gasteiger partial charge in [0.05, 0.1) is 11.8 Å². The van der Waals surface area contributed by atoms with Crippen molar-refractivity contribution in [2.45, 2.75) is 32.1 Å². The molecule has 0 bridgehead atoms. The standard InChI is InChI=1S/C16H19NOS2/c1-11-8-14(20-12(11)2)10-17-16(18)15(19)9-13-6-4-3-5-7-13/h3-8,15,19H,9-10H2,1-2H3,(H,17,18). The first-order chi connectivity index (χ1) is 9.56. The molecule has 1 atom stereocenters. The summed E-state index contributed by atoms with van der Waals surface area (Å²) in [6.45, 7) is 4.78. The van der Waals surface area contributed by atoms with Crippen molar-refractivity contribution in [1.82, 2.24) is 5.32 Å². The van der Waals surface area contributed by atoms with Crippen LogP contribution in [-0.2, 0) is 17.8 Å². The van der Waals surface area contributed by atoms with Crippen molar-refractivity contribution < 1.29 is 4.79 Å². The number of aryl methyl sites for hydroxylation is 2. The number of benzene rings is 1. The minimum atomic E-state index is -0.306. The van der Waals surface area contributed by atoms with E-state index in [4.69, 9.17) is 0 Å². The van der Waals surface area contributed by atoms with Gasteiger partial charge in [-0.3, -0.25) is 4.79 Å². The molecule has 1 heterocycles. The average Bonchev–Trinajstić information content (AvgIpc) is 2.76. The largest absolute Gasteiger partial charge is 0.350 e. The molecule has 20 heavy (non-hydrogen) atoms. The SMILES string of the molecule is Cc1cc(CNC(=O)C(S)Cc2ccccc2)sc1C. The lowest BCUT2D eigenvalue weighted by molar-refractivity contribution is -0.120. The Morgan fingerprint density at radius 3 is 2.60 bits per heavy atom. The second-order valence-electron chi connectivity index (χ2n) is 4.88. The van der Waals surface area contributed by atoms with Gasteiger partial charge in [0.15, 0.2) is 0 Å². The Morgan fingerprint density at radius 2 is 2.00 bits per heavy atom. The van der Waals surface area contributed by atoms with Gasteiger partial charge in [0, 0.05) is 9.75 Å². The third-order valence-electron chi connectivity index (χ3n) is 3.23. The quantitative estimate of drug-likeness (QED) is 0.813. The predicted molar refractivity (Wildman–Crippen MR) is 88.6 cm³/mol. The van der Waals surface area contributed by atoms with Gasteiger partial charge < -0.3 is 5.32 Å². The van der Waals surface area contributed by atoms with E-state index in [0.29, 0.717) is 13.0 Å². The molecule has 1 aromatic carbocycles. The molecule has 1 aromatic heterocycles. The zero-order valence-electron chi connectivity index (χ0n) is 11.7. The van der Waals surface area contributed by atoms with Gasteiger partial charge in [0.1, 0.15) is 0 Å². The maximum Gasteiger partial charge on any atom is 0.233 e. The summed E-state index contributed by atoms with van der Waals surface area (Å²) in [5.74, 6) is -0.0131. The molecule has 4 heteroatoms. The summed E-state index contributed by atoms with van der Waals surface area (Å²) in [6.07, 6.45) is 0.651. The fourth-order valence-electron chi connectivity index (χ4n) is 1.96. The summed E-state index contributed by atoms with van der Waals surface area (Å²) in [7, 11) is 0. The van der Waals surface area contributed by atoms with E-state index in [1.165, 1.54) is 15.3 Å². The van der Waals surface area contributed by atoms with Crippen LogP contribution in [0.1, 0.15) is 20.9 Å². The highest BCUT2D eigenvalue weighted by atomic mass is 32.1. The lowest BCUT2D eigenvalue weighted by Crippen LogP contribution is -2.32. The van der Waals surface area contributed by atoms with Gasteiger partial charge in [0.2, 0.25) is 5.91 Å². The highest BCUT2D eigenvalue weighted by Crippen LogP contribution is 2.20. The summed E-state index contributed by atoms with van der Waals surface area (Å²) < 4.78 is 0. The van der Waals surface area contributed by atoms with E-state index < -0.39 is 0 Å². The van der Waals surface area contributed by atoms with Crippen LogP contribution in [0.25, 0.3) is 0 Å². The highest BCUT2D eigenvalue weighted by molar-refractivity contribution is 7.81. The van der Waals surface area contributed by atoms with E-state index in [1.807, 2.05) is 30.3 Å². The van der Waals surface area contributed by atoms with E-state index >= 15 is 0 Å². The third-order valence-corrected chi connectivity index (χ3v) is 4.80. The number of carbonyl (C=O) groups excluding carboxylic acids is 1. The second-order valence-corrected chi connectivity index (χ2v) is 6.84. The first kappa shape index (κ1) is 15.1. The molecule has 0 saturated carbocycles. The molecular formula is C16H19NOS2. The van der Waals surface area contributed by atoms with Gasteiger partial charge in [0.25, 0.3) is 0 Å². The van der Waals surface area contributed by atoms with E-state index in [1.54, 1.807) is 11.3 Å². The molecule has 1 N–H and O–H groups in total. The lowest BCUT2D eigenvalue weighted by atomic mass is 10.1. The number of rotatable bonds is 5. The van der Waals surface area contributed by atoms with Crippen molar-refractivity contribution in [3.63, 3.8) is 0 Å². The summed E-state index contributed by atoms with van der Waals surface area (Å²) in [5.41, 5.74) is 2.41. The fourth-order valence-corrected chi connectivity index (χ4v) is 3.25. The number of nitrogens with one attached hydrogen (secondary N) is 1. The first-order valence-electron chi connectivity index (χ1n) is 6.62. The first-order valence-corrected chi connectivity index (χ1v) is 7.95. The zero-order valence-corrected chi connectivity index (χ0v) is 13.4. The van der Waals surface area contributed by atoms with Crippen molar-refractivity contribution in [3.05, 3.63) is 57.3 Å². The molecule has 0 fully saturated rings. The van der Waals surface area contributed by atoms with Gasteiger partial charge in [-0.05, 0) is 37.5 Å². The summed E-state index contributed by atoms with van der Waals surface area (Å²) in [6, 6.07) is 12.1.